The van der Waals surface area contributed by atoms with E-state index in [1.807, 2.05) is 6.07 Å². The zero-order valence-electron chi connectivity index (χ0n) is 14.3. The van der Waals surface area contributed by atoms with Crippen LogP contribution in [0.1, 0.15) is 10.4 Å². The molecule has 1 fully saturated rings. The van der Waals surface area contributed by atoms with Gasteiger partial charge < -0.3 is 14.2 Å². The molecule has 0 aliphatic carbocycles. The highest BCUT2D eigenvalue weighted by atomic mass is 35.5. The van der Waals surface area contributed by atoms with Gasteiger partial charge in [0.15, 0.2) is 0 Å². The molecule has 0 amide bonds. The third-order valence-corrected chi connectivity index (χ3v) is 5.56. The van der Waals surface area contributed by atoms with Gasteiger partial charge in [-0.3, -0.25) is 4.90 Å². The van der Waals surface area contributed by atoms with Crippen molar-refractivity contribution in [3.63, 3.8) is 0 Å². The molecule has 1 saturated heterocycles. The van der Waals surface area contributed by atoms with Crippen molar-refractivity contribution in [2.24, 2.45) is 0 Å². The highest BCUT2D eigenvalue weighted by Crippen LogP contribution is 2.39. The summed E-state index contributed by atoms with van der Waals surface area (Å²) in [5.41, 5.74) is 1.94. The largest absolute Gasteiger partial charge is 0.492 e. The number of halogens is 2. The predicted octanol–water partition coefficient (Wildman–Crippen LogP) is 4.22. The van der Waals surface area contributed by atoms with E-state index in [-0.39, 0.29) is 0 Å². The van der Waals surface area contributed by atoms with Gasteiger partial charge in [0, 0.05) is 25.2 Å². The first kappa shape index (κ1) is 19.5. The van der Waals surface area contributed by atoms with Crippen LogP contribution in [0, 0.1) is 0 Å². The van der Waals surface area contributed by atoms with E-state index in [0.29, 0.717) is 26.6 Å². The van der Waals surface area contributed by atoms with Crippen LogP contribution in [-0.4, -0.2) is 57.4 Å². The number of ether oxygens (including phenoxy) is 3. The summed E-state index contributed by atoms with van der Waals surface area (Å²) in [6.07, 6.45) is 0. The second-order valence-corrected chi connectivity index (χ2v) is 8.06. The maximum absolute atomic E-state index is 12.0. The van der Waals surface area contributed by atoms with E-state index in [1.165, 1.54) is 18.4 Å². The Kier molecular flexibility index (Phi) is 6.78. The number of methoxy groups -OCH3 is 1. The minimum atomic E-state index is -0.428. The standard InChI is InChI=1S/C18H19Cl2NO4S/c1-23-18(22)13-8-12(15-11-16(19)26-17(15)20)9-14(10-13)25-7-4-21-2-5-24-6-3-21/h8-11H,2-7H2,1H3. The van der Waals surface area contributed by atoms with Gasteiger partial charge in [-0.2, -0.15) is 0 Å². The maximum Gasteiger partial charge on any atom is 0.338 e. The molecule has 0 atom stereocenters. The molecule has 0 bridgehead atoms. The lowest BCUT2D eigenvalue weighted by Gasteiger charge is -2.26. The van der Waals surface area contributed by atoms with Crippen molar-refractivity contribution in [2.75, 3.05) is 46.6 Å². The van der Waals surface area contributed by atoms with Crippen molar-refractivity contribution < 1.29 is 19.0 Å². The second kappa shape index (κ2) is 9.06. The van der Waals surface area contributed by atoms with Crippen LogP contribution in [0.3, 0.4) is 0 Å². The molecule has 8 heteroatoms. The fraction of sp³-hybridized carbons (Fsp3) is 0.389. The molecule has 0 N–H and O–H groups in total. The molecule has 2 aromatic rings. The Morgan fingerprint density at radius 3 is 2.65 bits per heavy atom. The van der Waals surface area contributed by atoms with Gasteiger partial charge in [-0.05, 0) is 29.8 Å². The Morgan fingerprint density at radius 2 is 2.00 bits per heavy atom. The van der Waals surface area contributed by atoms with E-state index >= 15 is 0 Å². The number of morpholine rings is 1. The van der Waals surface area contributed by atoms with Crippen LogP contribution in [0.5, 0.6) is 5.75 Å². The van der Waals surface area contributed by atoms with Crippen molar-refractivity contribution in [2.45, 2.75) is 0 Å². The second-order valence-electron chi connectivity index (χ2n) is 5.78. The van der Waals surface area contributed by atoms with Crippen LogP contribution in [0.25, 0.3) is 11.1 Å². The first-order chi connectivity index (χ1) is 12.6. The van der Waals surface area contributed by atoms with Crippen molar-refractivity contribution in [3.05, 3.63) is 38.5 Å². The Bertz CT molecular complexity index is 775. The first-order valence-electron chi connectivity index (χ1n) is 8.18. The van der Waals surface area contributed by atoms with Crippen molar-refractivity contribution in [1.29, 1.82) is 0 Å². The number of rotatable bonds is 6. The summed E-state index contributed by atoms with van der Waals surface area (Å²) in [6, 6.07) is 7.04. The summed E-state index contributed by atoms with van der Waals surface area (Å²) in [5, 5.41) is 0. The lowest BCUT2D eigenvalue weighted by atomic mass is 10.1. The van der Waals surface area contributed by atoms with Gasteiger partial charge >= 0.3 is 5.97 Å². The van der Waals surface area contributed by atoms with Crippen LogP contribution in [0.4, 0.5) is 0 Å². The van der Waals surface area contributed by atoms with Gasteiger partial charge in [0.1, 0.15) is 16.7 Å². The van der Waals surface area contributed by atoms with Gasteiger partial charge in [-0.15, -0.1) is 11.3 Å². The molecular formula is C18H19Cl2NO4S. The normalized spacial score (nSPS) is 15.0. The predicted molar refractivity (Wildman–Crippen MR) is 104 cm³/mol. The zero-order chi connectivity index (χ0) is 18.5. The summed E-state index contributed by atoms with van der Waals surface area (Å²) in [7, 11) is 1.35. The Hall–Kier alpha value is -1.31. The number of carbonyl (C=O) groups excluding carboxylic acids is 1. The van der Waals surface area contributed by atoms with Gasteiger partial charge in [0.05, 0.1) is 30.2 Å². The molecule has 140 valence electrons. The molecule has 2 heterocycles. The highest BCUT2D eigenvalue weighted by molar-refractivity contribution is 7.20. The smallest absolute Gasteiger partial charge is 0.338 e. The summed E-state index contributed by atoms with van der Waals surface area (Å²) >= 11 is 13.6. The van der Waals surface area contributed by atoms with Crippen molar-refractivity contribution >= 4 is 40.5 Å². The third-order valence-electron chi connectivity index (χ3n) is 4.08. The number of hydrogen-bond acceptors (Lipinski definition) is 6. The van der Waals surface area contributed by atoms with Crippen molar-refractivity contribution in [1.82, 2.24) is 4.90 Å². The molecule has 1 aliphatic heterocycles. The topological polar surface area (TPSA) is 48.0 Å². The number of carbonyl (C=O) groups is 1. The van der Waals surface area contributed by atoms with Crippen LogP contribution < -0.4 is 4.74 Å². The van der Waals surface area contributed by atoms with Gasteiger partial charge in [0.25, 0.3) is 0 Å². The molecule has 0 spiro atoms. The third kappa shape index (κ3) is 4.90. The van der Waals surface area contributed by atoms with E-state index in [4.69, 9.17) is 37.4 Å². The van der Waals surface area contributed by atoms with Crippen LogP contribution >= 0.6 is 34.5 Å². The minimum absolute atomic E-state index is 0.407. The average Bonchev–Trinajstić information content (AvgIpc) is 3.00. The van der Waals surface area contributed by atoms with Crippen LogP contribution in [0.2, 0.25) is 8.67 Å². The summed E-state index contributed by atoms with van der Waals surface area (Å²) in [4.78, 5) is 14.3. The molecule has 5 nitrogen and oxygen atoms in total. The summed E-state index contributed by atoms with van der Waals surface area (Å²) < 4.78 is 17.2. The van der Waals surface area contributed by atoms with Gasteiger partial charge in [-0.25, -0.2) is 4.79 Å². The van der Waals surface area contributed by atoms with E-state index in [0.717, 1.165) is 44.0 Å². The lowest BCUT2D eigenvalue weighted by molar-refractivity contribution is 0.0322. The molecule has 1 aliphatic rings. The molecule has 26 heavy (non-hydrogen) atoms. The van der Waals surface area contributed by atoms with Gasteiger partial charge in [0.2, 0.25) is 0 Å². The Balaban J connectivity index is 1.78. The lowest BCUT2D eigenvalue weighted by Crippen LogP contribution is -2.38. The molecule has 0 radical (unpaired) electrons. The molecule has 1 aromatic heterocycles. The summed E-state index contributed by atoms with van der Waals surface area (Å²) in [6.45, 7) is 4.62. The van der Waals surface area contributed by atoms with Crippen LogP contribution in [-0.2, 0) is 9.47 Å². The highest BCUT2D eigenvalue weighted by Gasteiger charge is 2.15. The molecule has 0 unspecified atom stereocenters. The van der Waals surface area contributed by atoms with E-state index in [2.05, 4.69) is 4.90 Å². The molecule has 3 rings (SSSR count). The Morgan fingerprint density at radius 1 is 1.23 bits per heavy atom. The van der Waals surface area contributed by atoms with Gasteiger partial charge in [-0.1, -0.05) is 23.2 Å². The average molecular weight is 416 g/mol. The fourth-order valence-corrected chi connectivity index (χ4v) is 4.23. The zero-order valence-corrected chi connectivity index (χ0v) is 16.6. The van der Waals surface area contributed by atoms with E-state index in [9.17, 15) is 4.79 Å². The number of esters is 1. The molecular weight excluding hydrogens is 397 g/mol. The molecule has 1 aromatic carbocycles. The van der Waals surface area contributed by atoms with E-state index in [1.54, 1.807) is 18.2 Å². The maximum atomic E-state index is 12.0. The van der Waals surface area contributed by atoms with Crippen molar-refractivity contribution in [3.8, 4) is 16.9 Å². The van der Waals surface area contributed by atoms with Crippen LogP contribution in [0.15, 0.2) is 24.3 Å². The number of hydrogen-bond donors (Lipinski definition) is 0. The quantitative estimate of drug-likeness (QED) is 0.660. The molecule has 0 saturated carbocycles. The SMILES string of the molecule is COC(=O)c1cc(OCCN2CCOCC2)cc(-c2cc(Cl)sc2Cl)c1. The minimum Gasteiger partial charge on any atom is -0.492 e. The summed E-state index contributed by atoms with van der Waals surface area (Å²) in [5.74, 6) is 0.164. The Labute approximate surface area is 166 Å². The van der Waals surface area contributed by atoms with E-state index < -0.39 is 5.97 Å². The monoisotopic (exact) mass is 415 g/mol. The number of thiophene rings is 1. The number of benzene rings is 1. The first-order valence-corrected chi connectivity index (χ1v) is 9.75. The number of nitrogens with zero attached hydrogens (tertiary/aromatic N) is 1. The fourth-order valence-electron chi connectivity index (χ4n) is 2.73.